The van der Waals surface area contributed by atoms with Gasteiger partial charge < -0.3 is 20.9 Å². The van der Waals surface area contributed by atoms with Crippen molar-refractivity contribution in [3.05, 3.63) is 0 Å². The SMILES string of the molecule is CSCC[C@H](N)C(=O)NCC1CCN(CCN(C)C)CC1. The van der Waals surface area contributed by atoms with Crippen LogP contribution in [0.1, 0.15) is 19.3 Å². The summed E-state index contributed by atoms with van der Waals surface area (Å²) in [4.78, 5) is 16.6. The van der Waals surface area contributed by atoms with E-state index in [1.54, 1.807) is 11.8 Å². The molecular weight excluding hydrogens is 284 g/mol. The molecule has 1 aliphatic rings. The van der Waals surface area contributed by atoms with Crippen LogP contribution in [0, 0.1) is 5.92 Å². The Bertz CT molecular complexity index is 293. The second-order valence-electron chi connectivity index (χ2n) is 6.22. The van der Waals surface area contributed by atoms with Crippen molar-refractivity contribution in [3.8, 4) is 0 Å². The van der Waals surface area contributed by atoms with Crippen LogP contribution in [0.2, 0.25) is 0 Å². The molecule has 1 amide bonds. The van der Waals surface area contributed by atoms with Crippen LogP contribution >= 0.6 is 11.8 Å². The third-order valence-corrected chi connectivity index (χ3v) is 4.75. The zero-order chi connectivity index (χ0) is 15.7. The number of rotatable bonds is 9. The fourth-order valence-electron chi connectivity index (χ4n) is 2.51. The van der Waals surface area contributed by atoms with Crippen LogP contribution in [0.25, 0.3) is 0 Å². The number of piperidine rings is 1. The minimum absolute atomic E-state index is 0.0130. The molecule has 1 aliphatic heterocycles. The molecule has 1 saturated heterocycles. The zero-order valence-electron chi connectivity index (χ0n) is 13.8. The zero-order valence-corrected chi connectivity index (χ0v) is 14.6. The standard InChI is InChI=1S/C15H32N4OS/c1-18(2)9-10-19-7-4-13(5-8-19)12-17-15(20)14(16)6-11-21-3/h13-14H,4-12,16H2,1-3H3,(H,17,20)/t14-/m0/s1. The molecule has 0 aliphatic carbocycles. The molecule has 0 aromatic rings. The van der Waals surface area contributed by atoms with E-state index in [0.29, 0.717) is 5.92 Å². The molecule has 124 valence electrons. The Morgan fingerprint density at radius 1 is 1.43 bits per heavy atom. The highest BCUT2D eigenvalue weighted by Gasteiger charge is 2.20. The highest BCUT2D eigenvalue weighted by molar-refractivity contribution is 7.98. The number of nitrogens with two attached hydrogens (primary N) is 1. The third kappa shape index (κ3) is 8.04. The van der Waals surface area contributed by atoms with Gasteiger partial charge in [-0.1, -0.05) is 0 Å². The van der Waals surface area contributed by atoms with Crippen molar-refractivity contribution in [1.82, 2.24) is 15.1 Å². The van der Waals surface area contributed by atoms with Gasteiger partial charge in [0.1, 0.15) is 0 Å². The topological polar surface area (TPSA) is 61.6 Å². The molecule has 0 unspecified atom stereocenters. The van der Waals surface area contributed by atoms with Crippen LogP contribution in [0.3, 0.4) is 0 Å². The van der Waals surface area contributed by atoms with Crippen LogP contribution in [-0.2, 0) is 4.79 Å². The Balaban J connectivity index is 2.13. The molecule has 6 heteroatoms. The van der Waals surface area contributed by atoms with E-state index in [-0.39, 0.29) is 11.9 Å². The Morgan fingerprint density at radius 2 is 2.10 bits per heavy atom. The summed E-state index contributed by atoms with van der Waals surface area (Å²) in [5.74, 6) is 1.56. The van der Waals surface area contributed by atoms with Crippen molar-refractivity contribution < 1.29 is 4.79 Å². The largest absolute Gasteiger partial charge is 0.354 e. The molecular formula is C15H32N4OS. The average molecular weight is 317 g/mol. The molecule has 21 heavy (non-hydrogen) atoms. The van der Waals surface area contributed by atoms with Crippen molar-refractivity contribution in [2.45, 2.75) is 25.3 Å². The van der Waals surface area contributed by atoms with Gasteiger partial charge in [0.2, 0.25) is 5.91 Å². The maximum absolute atomic E-state index is 11.9. The number of nitrogens with zero attached hydrogens (tertiary/aromatic N) is 2. The van der Waals surface area contributed by atoms with Crippen LogP contribution < -0.4 is 11.1 Å². The van der Waals surface area contributed by atoms with Gasteiger partial charge in [-0.25, -0.2) is 0 Å². The summed E-state index contributed by atoms with van der Waals surface area (Å²) in [5.41, 5.74) is 5.87. The van der Waals surface area contributed by atoms with Crippen LogP contribution in [0.15, 0.2) is 0 Å². The molecule has 0 saturated carbocycles. The summed E-state index contributed by atoms with van der Waals surface area (Å²) in [5, 5.41) is 3.03. The molecule has 5 nitrogen and oxygen atoms in total. The maximum atomic E-state index is 11.9. The van der Waals surface area contributed by atoms with Gasteiger partial charge in [-0.3, -0.25) is 4.79 Å². The molecule has 1 heterocycles. The van der Waals surface area contributed by atoms with Gasteiger partial charge in [0.05, 0.1) is 6.04 Å². The van der Waals surface area contributed by atoms with E-state index in [4.69, 9.17) is 5.73 Å². The van der Waals surface area contributed by atoms with Gasteiger partial charge in [0, 0.05) is 19.6 Å². The Labute approximate surface area is 134 Å². The fraction of sp³-hybridized carbons (Fsp3) is 0.933. The number of likely N-dealkylation sites (tertiary alicyclic amines) is 1. The molecule has 1 fully saturated rings. The lowest BCUT2D eigenvalue weighted by Gasteiger charge is -2.32. The molecule has 3 N–H and O–H groups in total. The summed E-state index contributed by atoms with van der Waals surface area (Å²) >= 11 is 1.73. The number of thioether (sulfide) groups is 1. The Kier molecular flexibility index (Phi) is 9.31. The lowest BCUT2D eigenvalue weighted by atomic mass is 9.96. The number of hydrogen-bond acceptors (Lipinski definition) is 5. The number of likely N-dealkylation sites (N-methyl/N-ethyl adjacent to an activating group) is 1. The fourth-order valence-corrected chi connectivity index (χ4v) is 3.00. The second kappa shape index (κ2) is 10.4. The molecule has 1 atom stereocenters. The molecule has 0 aromatic heterocycles. The van der Waals surface area contributed by atoms with Gasteiger partial charge in [-0.2, -0.15) is 11.8 Å². The average Bonchev–Trinajstić information content (AvgIpc) is 2.49. The van der Waals surface area contributed by atoms with Crippen LogP contribution in [0.5, 0.6) is 0 Å². The smallest absolute Gasteiger partial charge is 0.236 e. The number of hydrogen-bond donors (Lipinski definition) is 2. The molecule has 0 aromatic carbocycles. The van der Waals surface area contributed by atoms with E-state index in [2.05, 4.69) is 29.2 Å². The monoisotopic (exact) mass is 316 g/mol. The van der Waals surface area contributed by atoms with Gasteiger partial charge in [-0.15, -0.1) is 0 Å². The van der Waals surface area contributed by atoms with E-state index in [1.807, 2.05) is 6.26 Å². The van der Waals surface area contributed by atoms with E-state index in [0.717, 1.165) is 44.9 Å². The summed E-state index contributed by atoms with van der Waals surface area (Å²) < 4.78 is 0. The van der Waals surface area contributed by atoms with Crippen LogP contribution in [-0.4, -0.2) is 80.6 Å². The molecule has 0 radical (unpaired) electrons. The third-order valence-electron chi connectivity index (χ3n) is 4.11. The first-order valence-corrected chi connectivity index (χ1v) is 9.31. The maximum Gasteiger partial charge on any atom is 0.236 e. The van der Waals surface area contributed by atoms with Crippen molar-refractivity contribution in [2.75, 3.05) is 58.8 Å². The Hall–Kier alpha value is -0.300. The summed E-state index contributed by atoms with van der Waals surface area (Å²) in [6.07, 6.45) is 5.15. The first-order valence-electron chi connectivity index (χ1n) is 7.92. The van der Waals surface area contributed by atoms with E-state index < -0.39 is 0 Å². The Morgan fingerprint density at radius 3 is 2.67 bits per heavy atom. The predicted octanol–water partition coefficient (Wildman–Crippen LogP) is 0.457. The van der Waals surface area contributed by atoms with Gasteiger partial charge in [0.15, 0.2) is 0 Å². The number of nitrogens with one attached hydrogen (secondary N) is 1. The number of amides is 1. The van der Waals surface area contributed by atoms with Crippen molar-refractivity contribution in [2.24, 2.45) is 11.7 Å². The first kappa shape index (κ1) is 18.7. The first-order chi connectivity index (χ1) is 10.0. The molecule has 0 spiro atoms. The van der Waals surface area contributed by atoms with E-state index >= 15 is 0 Å². The van der Waals surface area contributed by atoms with E-state index in [1.165, 1.54) is 12.8 Å². The van der Waals surface area contributed by atoms with Gasteiger partial charge in [0.25, 0.3) is 0 Å². The lowest BCUT2D eigenvalue weighted by molar-refractivity contribution is -0.122. The summed E-state index contributed by atoms with van der Waals surface area (Å²) in [7, 11) is 4.23. The molecule has 1 rings (SSSR count). The minimum Gasteiger partial charge on any atom is -0.354 e. The van der Waals surface area contributed by atoms with Gasteiger partial charge in [-0.05, 0) is 64.4 Å². The summed E-state index contributed by atoms with van der Waals surface area (Å²) in [6, 6.07) is -0.349. The minimum atomic E-state index is -0.349. The number of carbonyl (C=O) groups is 1. The van der Waals surface area contributed by atoms with Gasteiger partial charge >= 0.3 is 0 Å². The summed E-state index contributed by atoms with van der Waals surface area (Å²) in [6.45, 7) is 5.34. The van der Waals surface area contributed by atoms with Crippen LogP contribution in [0.4, 0.5) is 0 Å². The van der Waals surface area contributed by atoms with Crippen molar-refractivity contribution in [3.63, 3.8) is 0 Å². The van der Waals surface area contributed by atoms with E-state index in [9.17, 15) is 4.79 Å². The molecule has 0 bridgehead atoms. The quantitative estimate of drug-likeness (QED) is 0.647. The van der Waals surface area contributed by atoms with Crippen molar-refractivity contribution >= 4 is 17.7 Å². The highest BCUT2D eigenvalue weighted by atomic mass is 32.2. The van der Waals surface area contributed by atoms with Crippen molar-refractivity contribution in [1.29, 1.82) is 0 Å². The highest BCUT2D eigenvalue weighted by Crippen LogP contribution is 2.16. The predicted molar refractivity (Wildman–Crippen MR) is 91.7 cm³/mol. The normalized spacial score (nSPS) is 18.9. The lowest BCUT2D eigenvalue weighted by Crippen LogP contribution is -2.45. The second-order valence-corrected chi connectivity index (χ2v) is 7.21. The number of carbonyl (C=O) groups excluding carboxylic acids is 1.